The third-order valence-corrected chi connectivity index (χ3v) is 4.25. The fourth-order valence-electron chi connectivity index (χ4n) is 2.91. The van der Waals surface area contributed by atoms with E-state index in [1.54, 1.807) is 7.11 Å². The fourth-order valence-corrected chi connectivity index (χ4v) is 2.91. The summed E-state index contributed by atoms with van der Waals surface area (Å²) in [6, 6.07) is 14.4. The number of fused-ring (bicyclic) bond motifs is 1. The van der Waals surface area contributed by atoms with Gasteiger partial charge in [0.2, 0.25) is 0 Å². The van der Waals surface area contributed by atoms with Gasteiger partial charge in [-0.3, -0.25) is 0 Å². The van der Waals surface area contributed by atoms with Crippen molar-refractivity contribution in [2.45, 2.75) is 26.3 Å². The second kappa shape index (κ2) is 8.58. The van der Waals surface area contributed by atoms with Crippen molar-refractivity contribution in [1.29, 1.82) is 0 Å². The van der Waals surface area contributed by atoms with Crippen LogP contribution >= 0.6 is 0 Å². The molecule has 132 valence electrons. The zero-order chi connectivity index (χ0) is 17.5. The van der Waals surface area contributed by atoms with Crippen molar-refractivity contribution in [3.63, 3.8) is 0 Å². The van der Waals surface area contributed by atoms with Crippen molar-refractivity contribution in [2.75, 3.05) is 20.3 Å². The van der Waals surface area contributed by atoms with Gasteiger partial charge in [0.25, 0.3) is 0 Å². The van der Waals surface area contributed by atoms with E-state index in [1.807, 2.05) is 18.2 Å². The molecule has 4 nitrogen and oxygen atoms in total. The van der Waals surface area contributed by atoms with E-state index in [1.165, 1.54) is 16.5 Å². The molecule has 1 aromatic heterocycles. The standard InChI is InChI=1S/C21H26N2O2/c1-3-11-25-19-6-4-5-16(12-19)14-22-10-9-17-15-23-21-8-7-18(24-2)13-20(17)21/h4-8,12-13,15,22-23H,3,9-11,14H2,1-2H3. The topological polar surface area (TPSA) is 46.3 Å². The summed E-state index contributed by atoms with van der Waals surface area (Å²) in [4.78, 5) is 3.33. The highest BCUT2D eigenvalue weighted by Crippen LogP contribution is 2.23. The lowest BCUT2D eigenvalue weighted by Gasteiger charge is -2.08. The van der Waals surface area contributed by atoms with Crippen LogP contribution in [0.25, 0.3) is 10.9 Å². The first-order valence-electron chi connectivity index (χ1n) is 8.86. The molecule has 25 heavy (non-hydrogen) atoms. The van der Waals surface area contributed by atoms with Gasteiger partial charge in [-0.15, -0.1) is 0 Å². The molecule has 1 heterocycles. The maximum absolute atomic E-state index is 5.69. The lowest BCUT2D eigenvalue weighted by Crippen LogP contribution is -2.16. The lowest BCUT2D eigenvalue weighted by atomic mass is 10.1. The first-order valence-corrected chi connectivity index (χ1v) is 8.86. The van der Waals surface area contributed by atoms with Crippen LogP contribution in [0.2, 0.25) is 0 Å². The van der Waals surface area contributed by atoms with Crippen LogP contribution in [0.5, 0.6) is 11.5 Å². The zero-order valence-corrected chi connectivity index (χ0v) is 15.0. The zero-order valence-electron chi connectivity index (χ0n) is 15.0. The predicted octanol–water partition coefficient (Wildman–Crippen LogP) is 4.30. The molecule has 0 amide bonds. The van der Waals surface area contributed by atoms with Gasteiger partial charge in [-0.25, -0.2) is 0 Å². The van der Waals surface area contributed by atoms with Crippen LogP contribution in [0.3, 0.4) is 0 Å². The summed E-state index contributed by atoms with van der Waals surface area (Å²) < 4.78 is 11.0. The molecule has 0 radical (unpaired) electrons. The Kier molecular flexibility index (Phi) is 5.96. The molecular formula is C21H26N2O2. The number of aromatic nitrogens is 1. The number of nitrogens with one attached hydrogen (secondary N) is 2. The summed E-state index contributed by atoms with van der Waals surface area (Å²) in [6.45, 7) is 4.64. The number of aromatic amines is 1. The number of methoxy groups -OCH3 is 1. The minimum atomic E-state index is 0.765. The van der Waals surface area contributed by atoms with E-state index in [-0.39, 0.29) is 0 Å². The highest BCUT2D eigenvalue weighted by molar-refractivity contribution is 5.84. The van der Waals surface area contributed by atoms with Crippen LogP contribution < -0.4 is 14.8 Å². The molecule has 0 aliphatic carbocycles. The van der Waals surface area contributed by atoms with E-state index >= 15 is 0 Å². The molecule has 0 saturated carbocycles. The molecule has 0 aliphatic rings. The maximum Gasteiger partial charge on any atom is 0.119 e. The van der Waals surface area contributed by atoms with Gasteiger partial charge >= 0.3 is 0 Å². The Morgan fingerprint density at radius 1 is 1.08 bits per heavy atom. The minimum absolute atomic E-state index is 0.765. The summed E-state index contributed by atoms with van der Waals surface area (Å²) in [5.74, 6) is 1.84. The lowest BCUT2D eigenvalue weighted by molar-refractivity contribution is 0.317. The Balaban J connectivity index is 1.53. The monoisotopic (exact) mass is 338 g/mol. The summed E-state index contributed by atoms with van der Waals surface area (Å²) in [7, 11) is 1.70. The highest BCUT2D eigenvalue weighted by atomic mass is 16.5. The number of ether oxygens (including phenoxy) is 2. The first-order chi connectivity index (χ1) is 12.3. The smallest absolute Gasteiger partial charge is 0.119 e. The van der Waals surface area contributed by atoms with E-state index in [2.05, 4.69) is 47.7 Å². The van der Waals surface area contributed by atoms with Crippen LogP contribution in [0, 0.1) is 0 Å². The van der Waals surface area contributed by atoms with Gasteiger partial charge in [0, 0.05) is 23.6 Å². The molecular weight excluding hydrogens is 312 g/mol. The molecule has 3 aromatic rings. The van der Waals surface area contributed by atoms with Gasteiger partial charge in [0.05, 0.1) is 13.7 Å². The molecule has 0 bridgehead atoms. The second-order valence-electron chi connectivity index (χ2n) is 6.15. The van der Waals surface area contributed by atoms with Crippen LogP contribution in [0.1, 0.15) is 24.5 Å². The van der Waals surface area contributed by atoms with Gasteiger partial charge in [-0.1, -0.05) is 19.1 Å². The molecule has 0 unspecified atom stereocenters. The molecule has 4 heteroatoms. The summed E-state index contributed by atoms with van der Waals surface area (Å²) in [6.07, 6.45) is 4.09. The molecule has 0 atom stereocenters. The van der Waals surface area contributed by atoms with Crippen LogP contribution in [0.15, 0.2) is 48.7 Å². The van der Waals surface area contributed by atoms with Gasteiger partial charge in [-0.2, -0.15) is 0 Å². The third-order valence-electron chi connectivity index (χ3n) is 4.25. The van der Waals surface area contributed by atoms with Gasteiger partial charge in [0.1, 0.15) is 11.5 Å². The van der Waals surface area contributed by atoms with E-state index < -0.39 is 0 Å². The summed E-state index contributed by atoms with van der Waals surface area (Å²) >= 11 is 0. The average molecular weight is 338 g/mol. The van der Waals surface area contributed by atoms with Gasteiger partial charge in [-0.05, 0) is 60.8 Å². The number of H-pyrrole nitrogens is 1. The number of hydrogen-bond acceptors (Lipinski definition) is 3. The summed E-state index contributed by atoms with van der Waals surface area (Å²) in [5.41, 5.74) is 3.70. The number of rotatable bonds is 9. The van der Waals surface area contributed by atoms with Crippen molar-refractivity contribution in [1.82, 2.24) is 10.3 Å². The van der Waals surface area contributed by atoms with Crippen molar-refractivity contribution in [3.8, 4) is 11.5 Å². The van der Waals surface area contributed by atoms with E-state index in [0.29, 0.717) is 0 Å². The first kappa shape index (κ1) is 17.4. The maximum atomic E-state index is 5.69. The normalized spacial score (nSPS) is 11.0. The third kappa shape index (κ3) is 4.54. The van der Waals surface area contributed by atoms with E-state index in [9.17, 15) is 0 Å². The molecule has 2 aromatic carbocycles. The Labute approximate surface area is 149 Å². The Morgan fingerprint density at radius 2 is 2.00 bits per heavy atom. The molecule has 2 N–H and O–H groups in total. The SMILES string of the molecule is CCCOc1cccc(CNCCc2c[nH]c3ccc(OC)cc23)c1. The van der Waals surface area contributed by atoms with E-state index in [0.717, 1.165) is 49.6 Å². The second-order valence-corrected chi connectivity index (χ2v) is 6.15. The van der Waals surface area contributed by atoms with Crippen LogP contribution in [-0.4, -0.2) is 25.2 Å². The van der Waals surface area contributed by atoms with Crippen molar-refractivity contribution >= 4 is 10.9 Å². The molecule has 0 spiro atoms. The van der Waals surface area contributed by atoms with Crippen LogP contribution in [-0.2, 0) is 13.0 Å². The van der Waals surface area contributed by atoms with Crippen molar-refractivity contribution < 1.29 is 9.47 Å². The Morgan fingerprint density at radius 3 is 2.84 bits per heavy atom. The Hall–Kier alpha value is -2.46. The number of benzene rings is 2. The van der Waals surface area contributed by atoms with E-state index in [4.69, 9.17) is 9.47 Å². The van der Waals surface area contributed by atoms with Gasteiger partial charge < -0.3 is 19.8 Å². The Bertz CT molecular complexity index is 811. The van der Waals surface area contributed by atoms with Gasteiger partial charge in [0.15, 0.2) is 0 Å². The fraction of sp³-hybridized carbons (Fsp3) is 0.333. The van der Waals surface area contributed by atoms with Crippen LogP contribution in [0.4, 0.5) is 0 Å². The predicted molar refractivity (Wildman–Crippen MR) is 102 cm³/mol. The molecule has 3 rings (SSSR count). The highest BCUT2D eigenvalue weighted by Gasteiger charge is 2.05. The molecule has 0 fully saturated rings. The quantitative estimate of drug-likeness (QED) is 0.572. The average Bonchev–Trinajstić information content (AvgIpc) is 3.06. The minimum Gasteiger partial charge on any atom is -0.497 e. The van der Waals surface area contributed by atoms with Crippen molar-refractivity contribution in [3.05, 3.63) is 59.8 Å². The molecule has 0 saturated heterocycles. The number of hydrogen-bond donors (Lipinski definition) is 2. The largest absolute Gasteiger partial charge is 0.497 e. The molecule has 0 aliphatic heterocycles. The summed E-state index contributed by atoms with van der Waals surface area (Å²) in [5, 5.41) is 4.75. The van der Waals surface area contributed by atoms with Crippen molar-refractivity contribution in [2.24, 2.45) is 0 Å².